The fourth-order valence-corrected chi connectivity index (χ4v) is 1.89. The van der Waals surface area contributed by atoms with Gasteiger partial charge in [0.2, 0.25) is 5.24 Å². The van der Waals surface area contributed by atoms with Crippen molar-refractivity contribution < 1.29 is 4.79 Å². The third-order valence-electron chi connectivity index (χ3n) is 2.54. The zero-order valence-electron chi connectivity index (χ0n) is 8.71. The molecule has 2 aromatic rings. The molecule has 1 N–H and O–H groups in total. The molecule has 4 heteroatoms. The van der Waals surface area contributed by atoms with E-state index in [-0.39, 0.29) is 11.8 Å². The van der Waals surface area contributed by atoms with E-state index in [9.17, 15) is 9.59 Å². The Balaban J connectivity index is 2.76. The second-order valence-corrected chi connectivity index (χ2v) is 4.06. The maximum absolute atomic E-state index is 12.1. The van der Waals surface area contributed by atoms with Crippen LogP contribution in [-0.2, 0) is 11.2 Å². The number of fused-ring (bicyclic) bond motifs is 1. The number of rotatable bonds is 2. The van der Waals surface area contributed by atoms with Gasteiger partial charge in [-0.3, -0.25) is 9.59 Å². The number of carbonyl (C=O) groups excluding carboxylic acids is 1. The van der Waals surface area contributed by atoms with Gasteiger partial charge in [-0.05, 0) is 30.7 Å². The zero-order valence-corrected chi connectivity index (χ0v) is 9.47. The van der Waals surface area contributed by atoms with E-state index < -0.39 is 5.24 Å². The first-order chi connectivity index (χ1) is 7.59. The van der Waals surface area contributed by atoms with Crippen LogP contribution in [0.3, 0.4) is 0 Å². The summed E-state index contributed by atoms with van der Waals surface area (Å²) in [6, 6.07) is 7.20. The van der Waals surface area contributed by atoms with Gasteiger partial charge in [0.15, 0.2) is 5.43 Å². The molecule has 1 aromatic heterocycles. The van der Waals surface area contributed by atoms with Crippen LogP contribution in [0.25, 0.3) is 10.9 Å². The van der Waals surface area contributed by atoms with E-state index >= 15 is 0 Å². The molecule has 16 heavy (non-hydrogen) atoms. The number of pyridine rings is 1. The second kappa shape index (κ2) is 4.10. The fourth-order valence-electron chi connectivity index (χ4n) is 1.75. The highest BCUT2D eigenvalue weighted by Crippen LogP contribution is 2.11. The standard InChI is InChI=1S/C12H10ClNO2/c1-7-9(6-11(13)15)12(16)8-4-2-3-5-10(8)14-7/h2-5H,6H2,1H3,(H,14,16). The zero-order chi connectivity index (χ0) is 11.7. The van der Waals surface area contributed by atoms with Crippen LogP contribution >= 0.6 is 11.6 Å². The number of H-pyrrole nitrogens is 1. The van der Waals surface area contributed by atoms with Crippen molar-refractivity contribution in [3.05, 3.63) is 45.7 Å². The summed E-state index contributed by atoms with van der Waals surface area (Å²) < 4.78 is 0. The molecule has 2 rings (SSSR count). The number of aromatic amines is 1. The second-order valence-electron chi connectivity index (χ2n) is 3.64. The number of aryl methyl sites for hydroxylation is 1. The number of para-hydroxylation sites is 1. The van der Waals surface area contributed by atoms with Gasteiger partial charge in [0.1, 0.15) is 0 Å². The summed E-state index contributed by atoms with van der Waals surface area (Å²) >= 11 is 5.32. The van der Waals surface area contributed by atoms with E-state index in [1.165, 1.54) is 0 Å². The van der Waals surface area contributed by atoms with Crippen LogP contribution in [0.15, 0.2) is 29.1 Å². The maximum Gasteiger partial charge on any atom is 0.226 e. The molecular weight excluding hydrogens is 226 g/mol. The molecule has 3 nitrogen and oxygen atoms in total. The Kier molecular flexibility index (Phi) is 2.79. The topological polar surface area (TPSA) is 49.9 Å². The Bertz CT molecular complexity index is 616. The number of nitrogens with one attached hydrogen (secondary N) is 1. The summed E-state index contributed by atoms with van der Waals surface area (Å²) in [6.07, 6.45) is -0.0342. The van der Waals surface area contributed by atoms with Gasteiger partial charge < -0.3 is 4.98 Å². The van der Waals surface area contributed by atoms with E-state index in [0.717, 1.165) is 5.52 Å². The molecule has 0 atom stereocenters. The Morgan fingerprint density at radius 3 is 2.75 bits per heavy atom. The van der Waals surface area contributed by atoms with Gasteiger partial charge in [-0.2, -0.15) is 0 Å². The minimum atomic E-state index is -0.524. The van der Waals surface area contributed by atoms with Crippen LogP contribution in [0.4, 0.5) is 0 Å². The normalized spacial score (nSPS) is 10.6. The van der Waals surface area contributed by atoms with Gasteiger partial charge in [-0.15, -0.1) is 0 Å². The number of halogens is 1. The molecule has 0 aliphatic rings. The summed E-state index contributed by atoms with van der Waals surface area (Å²) in [6.45, 7) is 1.77. The molecule has 0 bridgehead atoms. The van der Waals surface area contributed by atoms with Gasteiger partial charge in [0.25, 0.3) is 0 Å². The summed E-state index contributed by atoms with van der Waals surface area (Å²) in [5, 5.41) is 0.0601. The third-order valence-corrected chi connectivity index (χ3v) is 2.67. The van der Waals surface area contributed by atoms with Crippen molar-refractivity contribution in [1.82, 2.24) is 4.98 Å². The first-order valence-electron chi connectivity index (χ1n) is 4.88. The molecule has 1 aromatic carbocycles. The number of hydrogen-bond acceptors (Lipinski definition) is 2. The van der Waals surface area contributed by atoms with Gasteiger partial charge in [-0.25, -0.2) is 0 Å². The monoisotopic (exact) mass is 235 g/mol. The minimum absolute atomic E-state index is 0.0342. The average molecular weight is 236 g/mol. The lowest BCUT2D eigenvalue weighted by Gasteiger charge is -2.05. The van der Waals surface area contributed by atoms with Crippen molar-refractivity contribution in [2.45, 2.75) is 13.3 Å². The van der Waals surface area contributed by atoms with Crippen LogP contribution < -0.4 is 5.43 Å². The van der Waals surface area contributed by atoms with Crippen molar-refractivity contribution in [2.24, 2.45) is 0 Å². The molecule has 0 aliphatic carbocycles. The largest absolute Gasteiger partial charge is 0.358 e. The van der Waals surface area contributed by atoms with Gasteiger partial charge >= 0.3 is 0 Å². The van der Waals surface area contributed by atoms with Crippen LogP contribution in [0.1, 0.15) is 11.3 Å². The smallest absolute Gasteiger partial charge is 0.226 e. The maximum atomic E-state index is 12.1. The predicted molar refractivity (Wildman–Crippen MR) is 63.9 cm³/mol. The molecule has 0 saturated carbocycles. The van der Waals surface area contributed by atoms with Crippen LogP contribution in [0.2, 0.25) is 0 Å². The van der Waals surface area contributed by atoms with Gasteiger partial charge in [0, 0.05) is 22.2 Å². The molecule has 0 unspecified atom stereocenters. The molecule has 82 valence electrons. The van der Waals surface area contributed by atoms with Crippen LogP contribution in [0.5, 0.6) is 0 Å². The van der Waals surface area contributed by atoms with E-state index in [1.807, 2.05) is 12.1 Å². The van der Waals surface area contributed by atoms with E-state index in [1.54, 1.807) is 19.1 Å². The van der Waals surface area contributed by atoms with E-state index in [4.69, 9.17) is 11.6 Å². The molecule has 1 heterocycles. The third kappa shape index (κ3) is 1.86. The summed E-state index contributed by atoms with van der Waals surface area (Å²) in [4.78, 5) is 26.0. The highest BCUT2D eigenvalue weighted by Gasteiger charge is 2.11. The summed E-state index contributed by atoms with van der Waals surface area (Å²) in [7, 11) is 0. The lowest BCUT2D eigenvalue weighted by molar-refractivity contribution is -0.111. The Labute approximate surface area is 97.1 Å². The first-order valence-corrected chi connectivity index (χ1v) is 5.26. The van der Waals surface area contributed by atoms with Crippen LogP contribution in [-0.4, -0.2) is 10.2 Å². The molecule has 0 fully saturated rings. The minimum Gasteiger partial charge on any atom is -0.358 e. The fraction of sp³-hybridized carbons (Fsp3) is 0.167. The SMILES string of the molecule is Cc1[nH]c2ccccc2c(=O)c1CC(=O)Cl. The lowest BCUT2D eigenvalue weighted by atomic mass is 10.1. The van der Waals surface area contributed by atoms with Gasteiger partial charge in [-0.1, -0.05) is 12.1 Å². The number of benzene rings is 1. The average Bonchev–Trinajstić information content (AvgIpc) is 2.24. The Morgan fingerprint density at radius 2 is 2.06 bits per heavy atom. The Hall–Kier alpha value is -1.61. The van der Waals surface area contributed by atoms with Crippen molar-refractivity contribution in [3.8, 4) is 0 Å². The first kappa shape index (κ1) is 10.9. The van der Waals surface area contributed by atoms with Crippen LogP contribution in [0, 0.1) is 6.92 Å². The number of aromatic nitrogens is 1. The van der Waals surface area contributed by atoms with Crippen molar-refractivity contribution in [3.63, 3.8) is 0 Å². The quantitative estimate of drug-likeness (QED) is 0.811. The summed E-state index contributed by atoms with van der Waals surface area (Å²) in [5.74, 6) is 0. The summed E-state index contributed by atoms with van der Waals surface area (Å²) in [5.41, 5.74) is 1.79. The predicted octanol–water partition coefficient (Wildman–Crippen LogP) is 2.14. The number of hydrogen-bond donors (Lipinski definition) is 1. The van der Waals surface area contributed by atoms with E-state index in [0.29, 0.717) is 16.6 Å². The molecule has 0 saturated heterocycles. The van der Waals surface area contributed by atoms with Crippen molar-refractivity contribution >= 4 is 27.7 Å². The molecule has 0 radical (unpaired) electrons. The molecular formula is C12H10ClNO2. The molecule has 0 spiro atoms. The molecule has 0 aliphatic heterocycles. The lowest BCUT2D eigenvalue weighted by Crippen LogP contribution is -2.15. The van der Waals surface area contributed by atoms with Gasteiger partial charge in [0.05, 0.1) is 6.42 Å². The highest BCUT2D eigenvalue weighted by atomic mass is 35.5. The highest BCUT2D eigenvalue weighted by molar-refractivity contribution is 6.63. The van der Waals surface area contributed by atoms with Crippen molar-refractivity contribution in [1.29, 1.82) is 0 Å². The number of carbonyl (C=O) groups is 1. The Morgan fingerprint density at radius 1 is 1.38 bits per heavy atom. The van der Waals surface area contributed by atoms with E-state index in [2.05, 4.69) is 4.98 Å². The molecule has 0 amide bonds. The van der Waals surface area contributed by atoms with Crippen molar-refractivity contribution in [2.75, 3.05) is 0 Å².